The van der Waals surface area contributed by atoms with Crippen molar-refractivity contribution >= 4 is 29.3 Å². The molecule has 1 aromatic carbocycles. The lowest BCUT2D eigenvalue weighted by atomic mass is 9.75. The number of aryl methyl sites for hydroxylation is 1. The Bertz CT molecular complexity index is 1400. The summed E-state index contributed by atoms with van der Waals surface area (Å²) in [5.41, 5.74) is 7.13. The van der Waals surface area contributed by atoms with Crippen LogP contribution in [0.4, 0.5) is 10.1 Å². The van der Waals surface area contributed by atoms with Crippen molar-refractivity contribution in [3.8, 4) is 5.69 Å². The van der Waals surface area contributed by atoms with Crippen molar-refractivity contribution < 1.29 is 37.8 Å². The van der Waals surface area contributed by atoms with Gasteiger partial charge in [-0.2, -0.15) is 5.10 Å². The topological polar surface area (TPSA) is 155 Å². The normalized spacial score (nSPS) is 20.2. The van der Waals surface area contributed by atoms with Crippen molar-refractivity contribution in [2.75, 3.05) is 32.6 Å². The first-order chi connectivity index (χ1) is 19.6. The number of carbonyl (C=O) groups excluding carboxylic acids is 4. The first-order valence-corrected chi connectivity index (χ1v) is 13.8. The number of amides is 1. The summed E-state index contributed by atoms with van der Waals surface area (Å²) in [6, 6.07) is 2.29. The number of halogens is 1. The second kappa shape index (κ2) is 12.2. The van der Waals surface area contributed by atoms with Gasteiger partial charge in [0, 0.05) is 32.4 Å². The predicted octanol–water partition coefficient (Wildman–Crippen LogP) is 2.53. The number of nitrogens with one attached hydrogen (secondary N) is 1. The largest absolute Gasteiger partial charge is 0.461 e. The number of likely N-dealkylation sites (N-methyl/N-ethyl adjacent to an activating group) is 1. The fourth-order valence-corrected chi connectivity index (χ4v) is 5.59. The quantitative estimate of drug-likeness (QED) is 0.396. The lowest BCUT2D eigenvalue weighted by Crippen LogP contribution is -2.33. The highest BCUT2D eigenvalue weighted by Gasteiger charge is 2.36. The van der Waals surface area contributed by atoms with E-state index in [2.05, 4.69) is 10.4 Å². The molecule has 1 aliphatic heterocycles. The van der Waals surface area contributed by atoms with Gasteiger partial charge in [-0.05, 0) is 38.9 Å². The van der Waals surface area contributed by atoms with Crippen molar-refractivity contribution in [3.05, 3.63) is 40.5 Å². The van der Waals surface area contributed by atoms with Gasteiger partial charge in [0.15, 0.2) is 5.78 Å². The minimum atomic E-state index is -0.962. The summed E-state index contributed by atoms with van der Waals surface area (Å²) in [7, 11) is 3.58. The van der Waals surface area contributed by atoms with Crippen molar-refractivity contribution in [3.63, 3.8) is 0 Å². The van der Waals surface area contributed by atoms with E-state index in [0.717, 1.165) is 0 Å². The van der Waals surface area contributed by atoms with Crippen LogP contribution in [0, 0.1) is 18.2 Å². The zero-order valence-electron chi connectivity index (χ0n) is 24.8. The Hall–Kier alpha value is -3.84. The fourth-order valence-electron chi connectivity index (χ4n) is 5.59. The maximum absolute atomic E-state index is 15.4. The Labute approximate surface area is 243 Å². The van der Waals surface area contributed by atoms with E-state index in [4.69, 9.17) is 19.9 Å². The van der Waals surface area contributed by atoms with Crippen LogP contribution >= 0.6 is 0 Å². The second-order valence-corrected chi connectivity index (χ2v) is 12.0. The number of carbonyl (C=O) groups is 4. The minimum Gasteiger partial charge on any atom is -0.461 e. The first kappa shape index (κ1) is 31.1. The van der Waals surface area contributed by atoms with Gasteiger partial charge >= 0.3 is 11.9 Å². The number of hydrogen-bond acceptors (Lipinski definition) is 10. The average molecular weight is 588 g/mol. The molecule has 1 amide bonds. The zero-order valence-corrected chi connectivity index (χ0v) is 24.8. The molecule has 0 spiro atoms. The van der Waals surface area contributed by atoms with Crippen molar-refractivity contribution in [1.29, 1.82) is 0 Å². The summed E-state index contributed by atoms with van der Waals surface area (Å²) in [6.45, 7) is 7.44. The number of Topliss-reactive ketones (excluding diaryl/α,β-unsaturated/α-hetero) is 1. The number of primary amides is 1. The minimum absolute atomic E-state index is 0.0119. The first-order valence-electron chi connectivity index (χ1n) is 13.8. The van der Waals surface area contributed by atoms with Crippen LogP contribution < -0.4 is 11.1 Å². The summed E-state index contributed by atoms with van der Waals surface area (Å²) in [5, 5.41) is 7.65. The molecule has 0 bridgehead atoms. The number of hydrogen-bond donors (Lipinski definition) is 2. The maximum atomic E-state index is 15.4. The molecule has 1 fully saturated rings. The maximum Gasteiger partial charge on any atom is 0.311 e. The molecule has 3 unspecified atom stereocenters. The number of benzene rings is 1. The molecule has 12 nitrogen and oxygen atoms in total. The summed E-state index contributed by atoms with van der Waals surface area (Å²) in [5.74, 6) is -2.92. The molecule has 0 saturated carbocycles. The molecule has 1 saturated heterocycles. The molecule has 1 aliphatic carbocycles. The predicted molar refractivity (Wildman–Crippen MR) is 150 cm³/mol. The third-order valence-electron chi connectivity index (χ3n) is 7.16. The number of nitrogens with two attached hydrogens (primary N) is 1. The molecule has 13 heteroatoms. The van der Waals surface area contributed by atoms with Crippen molar-refractivity contribution in [1.82, 2.24) is 14.7 Å². The van der Waals surface area contributed by atoms with Crippen molar-refractivity contribution in [2.24, 2.45) is 11.1 Å². The summed E-state index contributed by atoms with van der Waals surface area (Å²) < 4.78 is 33.2. The molecule has 2 aromatic rings. The van der Waals surface area contributed by atoms with E-state index in [1.54, 1.807) is 36.7 Å². The molecular formula is C29H38FN5O7. The summed E-state index contributed by atoms with van der Waals surface area (Å²) >= 11 is 0. The molecule has 3 N–H and O–H groups in total. The van der Waals surface area contributed by atoms with Crippen LogP contribution in [0.2, 0.25) is 0 Å². The number of rotatable bonds is 10. The zero-order chi connectivity index (χ0) is 30.9. The molecule has 0 radical (unpaired) electrons. The van der Waals surface area contributed by atoms with E-state index in [9.17, 15) is 19.2 Å². The van der Waals surface area contributed by atoms with Gasteiger partial charge in [0.1, 0.15) is 11.9 Å². The second-order valence-electron chi connectivity index (χ2n) is 12.0. The van der Waals surface area contributed by atoms with Gasteiger partial charge < -0.3 is 30.2 Å². The van der Waals surface area contributed by atoms with Gasteiger partial charge in [-0.3, -0.25) is 19.2 Å². The summed E-state index contributed by atoms with van der Waals surface area (Å²) in [4.78, 5) is 50.8. The van der Waals surface area contributed by atoms with E-state index in [-0.39, 0.29) is 41.9 Å². The number of anilines is 1. The van der Waals surface area contributed by atoms with E-state index in [1.807, 2.05) is 13.8 Å². The van der Waals surface area contributed by atoms with Crippen LogP contribution in [0.15, 0.2) is 12.1 Å². The molecule has 4 rings (SSSR count). The highest BCUT2D eigenvalue weighted by molar-refractivity contribution is 6.00. The Morgan fingerprint density at radius 3 is 2.64 bits per heavy atom. The Kier molecular flexibility index (Phi) is 9.02. The van der Waals surface area contributed by atoms with Crippen LogP contribution in [0.1, 0.15) is 72.1 Å². The van der Waals surface area contributed by atoms with Crippen LogP contribution in [0.25, 0.3) is 5.69 Å². The van der Waals surface area contributed by atoms with Gasteiger partial charge in [0.25, 0.3) is 5.91 Å². The number of aromatic nitrogens is 2. The summed E-state index contributed by atoms with van der Waals surface area (Å²) in [6.07, 6.45) is -0.564. The number of nitrogens with zero attached hydrogens (tertiary/aromatic N) is 3. The third-order valence-corrected chi connectivity index (χ3v) is 7.16. The van der Waals surface area contributed by atoms with Crippen LogP contribution in [0.5, 0.6) is 0 Å². The van der Waals surface area contributed by atoms with Gasteiger partial charge in [0.2, 0.25) is 6.29 Å². The van der Waals surface area contributed by atoms with E-state index in [1.165, 1.54) is 13.0 Å². The van der Waals surface area contributed by atoms with Gasteiger partial charge in [-0.15, -0.1) is 0 Å². The molecule has 2 heterocycles. The fraction of sp³-hybridized carbons (Fsp3) is 0.552. The smallest absolute Gasteiger partial charge is 0.311 e. The van der Waals surface area contributed by atoms with Crippen LogP contribution in [-0.4, -0.2) is 84.0 Å². The van der Waals surface area contributed by atoms with Gasteiger partial charge in [-0.25, -0.2) is 9.07 Å². The lowest BCUT2D eigenvalue weighted by molar-refractivity contribution is -0.173. The number of ether oxygens (including phenoxy) is 3. The highest BCUT2D eigenvalue weighted by atomic mass is 19.1. The SMILES string of the molecule is CC(=O)OC(CC(=O)OC1CC(Nc2cc(-n3nc(C)c4c3CC(C)(C)CC4=O)cc(F)c2C(N)=O)CO1)CN(C)C. The highest BCUT2D eigenvalue weighted by Crippen LogP contribution is 2.38. The van der Waals surface area contributed by atoms with E-state index < -0.39 is 42.1 Å². The Morgan fingerprint density at radius 1 is 1.29 bits per heavy atom. The number of fused-ring (bicyclic) bond motifs is 1. The Morgan fingerprint density at radius 2 is 2.00 bits per heavy atom. The molecule has 3 atom stereocenters. The van der Waals surface area contributed by atoms with Gasteiger partial charge in [-0.1, -0.05) is 13.8 Å². The van der Waals surface area contributed by atoms with E-state index >= 15 is 4.39 Å². The van der Waals surface area contributed by atoms with Crippen LogP contribution in [-0.2, 0) is 30.2 Å². The standard InChI is InChI=1S/C29H38FN5O7/c1-15-26-22(11-29(3,4)12-23(26)37)35(33-15)18-8-20(30)27(28(31)39)21(9-18)32-17-7-25(40-14-17)42-24(38)10-19(13-34(5)6)41-16(2)36/h8-9,17,19,25,32H,7,10-14H2,1-6H3,(H2,31,39). The van der Waals surface area contributed by atoms with Crippen molar-refractivity contribution in [2.45, 2.75) is 71.8 Å². The number of esters is 2. The van der Waals surface area contributed by atoms with Crippen LogP contribution in [0.3, 0.4) is 0 Å². The molecule has 42 heavy (non-hydrogen) atoms. The third kappa shape index (κ3) is 7.13. The Balaban J connectivity index is 1.52. The van der Waals surface area contributed by atoms with Gasteiger partial charge in [0.05, 0.1) is 53.0 Å². The van der Waals surface area contributed by atoms with E-state index in [0.29, 0.717) is 42.0 Å². The average Bonchev–Trinajstić information content (AvgIpc) is 3.39. The monoisotopic (exact) mass is 587 g/mol. The number of ketones is 1. The molecular weight excluding hydrogens is 549 g/mol. The lowest BCUT2D eigenvalue weighted by Gasteiger charge is -2.29. The molecule has 2 aliphatic rings. The molecule has 1 aromatic heterocycles. The molecule has 228 valence electrons.